The zero-order valence-corrected chi connectivity index (χ0v) is 15.1. The summed E-state index contributed by atoms with van der Waals surface area (Å²) in [6, 6.07) is 7.93. The number of carbonyl (C=O) groups excluding carboxylic acids is 1. The molecule has 4 rings (SSSR count). The molecule has 140 valence electrons. The van der Waals surface area contributed by atoms with Crippen LogP contribution in [0.3, 0.4) is 0 Å². The predicted molar refractivity (Wildman–Crippen MR) is 98.0 cm³/mol. The van der Waals surface area contributed by atoms with Crippen molar-refractivity contribution in [1.82, 2.24) is 30.2 Å². The van der Waals surface area contributed by atoms with E-state index < -0.39 is 0 Å². The van der Waals surface area contributed by atoms with Gasteiger partial charge in [0, 0.05) is 44.6 Å². The normalized spacial score (nSPS) is 14.6. The zero-order valence-electron chi connectivity index (χ0n) is 15.1. The van der Waals surface area contributed by atoms with Crippen LogP contribution in [0.2, 0.25) is 0 Å². The highest BCUT2D eigenvalue weighted by atomic mass is 16.5. The molecule has 1 aliphatic rings. The fraction of sp³-hybridized carbons (Fsp3) is 0.389. The topological polar surface area (TPSA) is 104 Å². The van der Waals surface area contributed by atoms with Crippen LogP contribution >= 0.6 is 0 Å². The van der Waals surface area contributed by atoms with Gasteiger partial charge in [-0.15, -0.1) is 0 Å². The van der Waals surface area contributed by atoms with Gasteiger partial charge in [-0.05, 0) is 13.0 Å². The Labute approximate surface area is 156 Å². The predicted octanol–water partition coefficient (Wildman–Crippen LogP) is 1.44. The van der Waals surface area contributed by atoms with Crippen LogP contribution in [0.5, 0.6) is 0 Å². The maximum absolute atomic E-state index is 12.5. The molecular weight excluding hydrogens is 346 g/mol. The minimum absolute atomic E-state index is 0.0996. The maximum atomic E-state index is 12.5. The summed E-state index contributed by atoms with van der Waals surface area (Å²) in [6.07, 6.45) is 2.29. The zero-order chi connectivity index (χ0) is 18.6. The number of aryl methyl sites for hydroxylation is 2. The molecule has 1 N–H and O–H groups in total. The van der Waals surface area contributed by atoms with Crippen LogP contribution < -0.4 is 4.90 Å². The third kappa shape index (κ3) is 3.97. The summed E-state index contributed by atoms with van der Waals surface area (Å²) < 4.78 is 5.30. The minimum Gasteiger partial charge on any atom is -0.339 e. The van der Waals surface area contributed by atoms with Crippen LogP contribution in [0.15, 0.2) is 35.1 Å². The van der Waals surface area contributed by atoms with Gasteiger partial charge in [-0.2, -0.15) is 15.1 Å². The lowest BCUT2D eigenvalue weighted by Crippen LogP contribution is -2.49. The number of piperazine rings is 1. The van der Waals surface area contributed by atoms with Crippen LogP contribution in [-0.4, -0.2) is 62.3 Å². The van der Waals surface area contributed by atoms with Crippen molar-refractivity contribution in [2.75, 3.05) is 31.1 Å². The molecule has 1 amide bonds. The molecule has 2 aromatic heterocycles. The molecule has 0 radical (unpaired) electrons. The Hall–Kier alpha value is -3.23. The molecule has 1 saturated heterocycles. The van der Waals surface area contributed by atoms with Crippen molar-refractivity contribution in [3.05, 3.63) is 42.0 Å². The lowest BCUT2D eigenvalue weighted by Gasteiger charge is -2.34. The van der Waals surface area contributed by atoms with E-state index in [0.29, 0.717) is 37.6 Å². The summed E-state index contributed by atoms with van der Waals surface area (Å²) in [7, 11) is 0. The summed E-state index contributed by atoms with van der Waals surface area (Å²) in [5, 5.41) is 10.7. The van der Waals surface area contributed by atoms with Gasteiger partial charge in [-0.25, -0.2) is 5.10 Å². The number of anilines is 1. The van der Waals surface area contributed by atoms with E-state index in [1.807, 2.05) is 36.1 Å². The number of rotatable bonds is 5. The van der Waals surface area contributed by atoms with Crippen LogP contribution in [0.1, 0.15) is 17.9 Å². The van der Waals surface area contributed by atoms with Gasteiger partial charge in [0.1, 0.15) is 6.33 Å². The van der Waals surface area contributed by atoms with Gasteiger partial charge in [0.15, 0.2) is 0 Å². The monoisotopic (exact) mass is 367 g/mol. The van der Waals surface area contributed by atoms with E-state index >= 15 is 0 Å². The molecule has 1 aromatic carbocycles. The Kier molecular flexibility index (Phi) is 4.82. The molecule has 1 fully saturated rings. The first-order valence-corrected chi connectivity index (χ1v) is 8.97. The number of nitrogens with one attached hydrogen (secondary N) is 1. The summed E-state index contributed by atoms with van der Waals surface area (Å²) >= 11 is 0. The molecular formula is C18H21N7O2. The molecule has 3 aromatic rings. The maximum Gasteiger partial charge on any atom is 0.227 e. The number of H-pyrrole nitrogens is 1. The van der Waals surface area contributed by atoms with Gasteiger partial charge >= 0.3 is 0 Å². The van der Waals surface area contributed by atoms with Gasteiger partial charge < -0.3 is 14.3 Å². The highest BCUT2D eigenvalue weighted by Crippen LogP contribution is 2.18. The first-order chi connectivity index (χ1) is 13.2. The van der Waals surface area contributed by atoms with Crippen LogP contribution in [0, 0.1) is 6.92 Å². The average Bonchev–Trinajstić information content (AvgIpc) is 3.38. The van der Waals surface area contributed by atoms with E-state index in [-0.39, 0.29) is 5.91 Å². The summed E-state index contributed by atoms with van der Waals surface area (Å²) in [5.41, 5.74) is 2.05. The number of aromatic nitrogens is 5. The fourth-order valence-corrected chi connectivity index (χ4v) is 3.15. The standard InChI is InChI=1S/C18H21N7O2/c1-13-3-2-4-14(11-13)17-21-15(27-23-17)5-6-16(26)24-7-9-25(10-8-24)18-19-12-20-22-18/h2-4,11-12H,5-10H2,1H3,(H,19,20,22). The Morgan fingerprint density at radius 3 is 2.85 bits per heavy atom. The minimum atomic E-state index is 0.0996. The molecule has 0 unspecified atom stereocenters. The van der Waals surface area contributed by atoms with E-state index in [1.165, 1.54) is 6.33 Å². The van der Waals surface area contributed by atoms with Crippen molar-refractivity contribution in [2.45, 2.75) is 19.8 Å². The molecule has 9 nitrogen and oxygen atoms in total. The second kappa shape index (κ2) is 7.56. The number of hydrogen-bond acceptors (Lipinski definition) is 7. The van der Waals surface area contributed by atoms with Gasteiger partial charge in [0.25, 0.3) is 0 Å². The molecule has 3 heterocycles. The van der Waals surface area contributed by atoms with Gasteiger partial charge in [-0.1, -0.05) is 28.9 Å². The highest BCUT2D eigenvalue weighted by molar-refractivity contribution is 5.76. The lowest BCUT2D eigenvalue weighted by molar-refractivity contribution is -0.131. The number of benzene rings is 1. The Balaban J connectivity index is 1.29. The molecule has 0 atom stereocenters. The van der Waals surface area contributed by atoms with Gasteiger partial charge in [0.05, 0.1) is 0 Å². The molecule has 9 heteroatoms. The fourth-order valence-electron chi connectivity index (χ4n) is 3.15. The molecule has 1 aliphatic heterocycles. The second-order valence-corrected chi connectivity index (χ2v) is 6.56. The summed E-state index contributed by atoms with van der Waals surface area (Å²) in [5.74, 6) is 1.89. The van der Waals surface area contributed by atoms with Crippen molar-refractivity contribution < 1.29 is 9.32 Å². The van der Waals surface area contributed by atoms with E-state index in [9.17, 15) is 4.79 Å². The van der Waals surface area contributed by atoms with E-state index in [4.69, 9.17) is 4.52 Å². The molecule has 27 heavy (non-hydrogen) atoms. The van der Waals surface area contributed by atoms with Crippen molar-refractivity contribution in [2.24, 2.45) is 0 Å². The van der Waals surface area contributed by atoms with E-state index in [2.05, 4.69) is 30.2 Å². The van der Waals surface area contributed by atoms with E-state index in [1.54, 1.807) is 0 Å². The van der Waals surface area contributed by atoms with Crippen molar-refractivity contribution in [3.8, 4) is 11.4 Å². The Bertz CT molecular complexity index is 898. The third-order valence-corrected chi connectivity index (χ3v) is 4.63. The Morgan fingerprint density at radius 1 is 1.26 bits per heavy atom. The SMILES string of the molecule is Cc1cccc(-c2noc(CCC(=O)N3CCN(c4ncn[nH]4)CC3)n2)c1. The molecule has 0 bridgehead atoms. The van der Waals surface area contributed by atoms with Gasteiger partial charge in [0.2, 0.25) is 23.6 Å². The number of nitrogens with zero attached hydrogens (tertiary/aromatic N) is 6. The average molecular weight is 367 g/mol. The van der Waals surface area contributed by atoms with Crippen LogP contribution in [0.25, 0.3) is 11.4 Å². The first-order valence-electron chi connectivity index (χ1n) is 8.97. The summed E-state index contributed by atoms with van der Waals surface area (Å²) in [4.78, 5) is 25.0. The molecule has 0 saturated carbocycles. The number of aromatic amines is 1. The van der Waals surface area contributed by atoms with Crippen molar-refractivity contribution in [1.29, 1.82) is 0 Å². The lowest BCUT2D eigenvalue weighted by atomic mass is 10.1. The van der Waals surface area contributed by atoms with Crippen LogP contribution in [0.4, 0.5) is 5.95 Å². The third-order valence-electron chi connectivity index (χ3n) is 4.63. The number of carbonyl (C=O) groups is 1. The quantitative estimate of drug-likeness (QED) is 0.728. The van der Waals surface area contributed by atoms with Crippen LogP contribution in [-0.2, 0) is 11.2 Å². The smallest absolute Gasteiger partial charge is 0.227 e. The largest absolute Gasteiger partial charge is 0.339 e. The number of hydrogen-bond donors (Lipinski definition) is 1. The molecule has 0 aliphatic carbocycles. The van der Waals surface area contributed by atoms with Crippen molar-refractivity contribution >= 4 is 11.9 Å². The summed E-state index contributed by atoms with van der Waals surface area (Å²) in [6.45, 7) is 4.82. The highest BCUT2D eigenvalue weighted by Gasteiger charge is 2.23. The number of amides is 1. The second-order valence-electron chi connectivity index (χ2n) is 6.56. The first kappa shape index (κ1) is 17.2. The Morgan fingerprint density at radius 2 is 2.11 bits per heavy atom. The van der Waals surface area contributed by atoms with E-state index in [0.717, 1.165) is 30.2 Å². The molecule has 0 spiro atoms. The van der Waals surface area contributed by atoms with Gasteiger partial charge in [-0.3, -0.25) is 4.79 Å². The van der Waals surface area contributed by atoms with Crippen molar-refractivity contribution in [3.63, 3.8) is 0 Å².